The number of carbonyl (C=O) groups excluding carboxylic acids is 2. The molecular formula is C11H16N4O2. The fraction of sp³-hybridized carbons (Fsp3) is 0.545. The van der Waals surface area contributed by atoms with Gasteiger partial charge in [-0.2, -0.15) is 5.10 Å². The third kappa shape index (κ3) is 2.15. The topological polar surface area (TPSA) is 67.2 Å². The van der Waals surface area contributed by atoms with Crippen LogP contribution in [-0.4, -0.2) is 34.2 Å². The van der Waals surface area contributed by atoms with Crippen LogP contribution in [-0.2, 0) is 9.59 Å². The number of nitrogens with zero attached hydrogens (tertiary/aromatic N) is 3. The Balaban J connectivity index is 2.25. The van der Waals surface area contributed by atoms with Crippen molar-refractivity contribution in [2.75, 3.05) is 11.4 Å². The molecule has 2 amide bonds. The van der Waals surface area contributed by atoms with Gasteiger partial charge in [0.1, 0.15) is 12.6 Å². The molecular weight excluding hydrogens is 220 g/mol. The van der Waals surface area contributed by atoms with E-state index in [1.807, 2.05) is 13.8 Å². The molecule has 0 radical (unpaired) electrons. The van der Waals surface area contributed by atoms with Crippen molar-refractivity contribution in [2.45, 2.75) is 32.9 Å². The van der Waals surface area contributed by atoms with Gasteiger partial charge in [-0.25, -0.2) is 0 Å². The lowest BCUT2D eigenvalue weighted by molar-refractivity contribution is -0.130. The van der Waals surface area contributed by atoms with Gasteiger partial charge in [-0.15, -0.1) is 0 Å². The number of carbonyl (C=O) groups is 2. The Bertz CT molecular complexity index is 452. The molecule has 0 bridgehead atoms. The predicted molar refractivity (Wildman–Crippen MR) is 62.6 cm³/mol. The summed E-state index contributed by atoms with van der Waals surface area (Å²) in [6.07, 6.45) is 3.40. The summed E-state index contributed by atoms with van der Waals surface area (Å²) >= 11 is 0. The van der Waals surface area contributed by atoms with Crippen molar-refractivity contribution >= 4 is 17.5 Å². The normalized spacial score (nSPS) is 20.9. The highest BCUT2D eigenvalue weighted by molar-refractivity contribution is 6.06. The second-order valence-corrected chi connectivity index (χ2v) is 4.49. The van der Waals surface area contributed by atoms with E-state index in [-0.39, 0.29) is 24.4 Å². The zero-order chi connectivity index (χ0) is 12.6. The summed E-state index contributed by atoms with van der Waals surface area (Å²) in [6, 6.07) is -0.242. The van der Waals surface area contributed by atoms with Crippen molar-refractivity contribution in [3.63, 3.8) is 0 Å². The molecule has 0 saturated carbocycles. The van der Waals surface area contributed by atoms with Gasteiger partial charge in [0.2, 0.25) is 11.8 Å². The molecule has 1 unspecified atom stereocenters. The highest BCUT2D eigenvalue weighted by atomic mass is 16.2. The van der Waals surface area contributed by atoms with Crippen LogP contribution in [0.3, 0.4) is 0 Å². The van der Waals surface area contributed by atoms with E-state index in [0.29, 0.717) is 5.69 Å². The van der Waals surface area contributed by atoms with Crippen LogP contribution in [0.5, 0.6) is 0 Å². The first kappa shape index (κ1) is 11.6. The van der Waals surface area contributed by atoms with Gasteiger partial charge in [-0.3, -0.25) is 19.2 Å². The number of rotatable bonds is 2. The van der Waals surface area contributed by atoms with Crippen LogP contribution in [0.25, 0.3) is 0 Å². The van der Waals surface area contributed by atoms with Gasteiger partial charge in [-0.1, -0.05) is 0 Å². The van der Waals surface area contributed by atoms with Crippen LogP contribution < -0.4 is 10.2 Å². The van der Waals surface area contributed by atoms with Gasteiger partial charge in [0, 0.05) is 12.2 Å². The fourth-order valence-electron chi connectivity index (χ4n) is 1.77. The quantitative estimate of drug-likeness (QED) is 0.804. The first-order valence-electron chi connectivity index (χ1n) is 5.64. The molecule has 1 aliphatic rings. The minimum absolute atomic E-state index is 0.0625. The smallest absolute Gasteiger partial charge is 0.249 e. The lowest BCUT2D eigenvalue weighted by Gasteiger charge is -2.29. The number of aromatic nitrogens is 2. The molecule has 0 aliphatic carbocycles. The van der Waals surface area contributed by atoms with E-state index in [0.717, 1.165) is 0 Å². The van der Waals surface area contributed by atoms with Crippen LogP contribution >= 0.6 is 0 Å². The largest absolute Gasteiger partial charge is 0.343 e. The van der Waals surface area contributed by atoms with Gasteiger partial charge < -0.3 is 5.32 Å². The lowest BCUT2D eigenvalue weighted by Crippen LogP contribution is -2.57. The van der Waals surface area contributed by atoms with Crippen LogP contribution in [0.15, 0.2) is 12.4 Å². The average molecular weight is 236 g/mol. The first-order valence-corrected chi connectivity index (χ1v) is 5.64. The van der Waals surface area contributed by atoms with E-state index < -0.39 is 6.04 Å². The van der Waals surface area contributed by atoms with Gasteiger partial charge >= 0.3 is 0 Å². The summed E-state index contributed by atoms with van der Waals surface area (Å²) in [5, 5.41) is 6.77. The van der Waals surface area contributed by atoms with Gasteiger partial charge in [0.25, 0.3) is 0 Å². The standard InChI is InChI=1S/C11H16N4O2/c1-7(2)15-5-9(4-12-15)14-6-10(16)13-8(3)11(14)17/h4-5,7-8H,6H2,1-3H3,(H,13,16). The lowest BCUT2D eigenvalue weighted by atomic mass is 10.2. The van der Waals surface area contributed by atoms with Gasteiger partial charge in [0.15, 0.2) is 0 Å². The zero-order valence-electron chi connectivity index (χ0n) is 10.2. The molecule has 1 aromatic heterocycles. The third-order valence-electron chi connectivity index (χ3n) is 2.74. The van der Waals surface area contributed by atoms with Crippen molar-refractivity contribution in [1.82, 2.24) is 15.1 Å². The molecule has 2 heterocycles. The number of anilines is 1. The molecule has 1 atom stereocenters. The van der Waals surface area contributed by atoms with E-state index in [2.05, 4.69) is 10.4 Å². The van der Waals surface area contributed by atoms with Crippen LogP contribution in [0.1, 0.15) is 26.8 Å². The number of amides is 2. The van der Waals surface area contributed by atoms with E-state index in [1.165, 1.54) is 4.90 Å². The molecule has 92 valence electrons. The number of nitrogens with one attached hydrogen (secondary N) is 1. The molecule has 6 heteroatoms. The fourth-order valence-corrected chi connectivity index (χ4v) is 1.77. The van der Waals surface area contributed by atoms with Crippen molar-refractivity contribution in [3.05, 3.63) is 12.4 Å². The molecule has 0 spiro atoms. The second-order valence-electron chi connectivity index (χ2n) is 4.49. The summed E-state index contributed by atoms with van der Waals surface area (Å²) in [5.74, 6) is -0.248. The van der Waals surface area contributed by atoms with Crippen molar-refractivity contribution in [2.24, 2.45) is 0 Å². The van der Waals surface area contributed by atoms with Crippen LogP contribution in [0.4, 0.5) is 5.69 Å². The van der Waals surface area contributed by atoms with E-state index in [9.17, 15) is 9.59 Å². The number of hydrogen-bond acceptors (Lipinski definition) is 3. The molecule has 1 fully saturated rings. The van der Waals surface area contributed by atoms with Gasteiger partial charge in [0.05, 0.1) is 11.9 Å². The monoisotopic (exact) mass is 236 g/mol. The zero-order valence-corrected chi connectivity index (χ0v) is 10.2. The Morgan fingerprint density at radius 3 is 2.76 bits per heavy atom. The molecule has 1 aromatic rings. The molecule has 17 heavy (non-hydrogen) atoms. The second kappa shape index (κ2) is 4.20. The van der Waals surface area contributed by atoms with E-state index in [1.54, 1.807) is 24.0 Å². The Kier molecular flexibility index (Phi) is 2.87. The van der Waals surface area contributed by atoms with Crippen molar-refractivity contribution in [1.29, 1.82) is 0 Å². The van der Waals surface area contributed by atoms with E-state index in [4.69, 9.17) is 0 Å². The molecule has 1 N–H and O–H groups in total. The van der Waals surface area contributed by atoms with Crippen molar-refractivity contribution < 1.29 is 9.59 Å². The highest BCUT2D eigenvalue weighted by Crippen LogP contribution is 2.18. The minimum atomic E-state index is -0.473. The molecule has 1 aliphatic heterocycles. The summed E-state index contributed by atoms with van der Waals surface area (Å²) in [6.45, 7) is 5.75. The Labute approximate surface area is 99.6 Å². The maximum atomic E-state index is 11.9. The number of piperazine rings is 1. The molecule has 1 saturated heterocycles. The Hall–Kier alpha value is -1.85. The van der Waals surface area contributed by atoms with Crippen LogP contribution in [0.2, 0.25) is 0 Å². The molecule has 2 rings (SSSR count). The predicted octanol–water partition coefficient (Wildman–Crippen LogP) is 0.315. The maximum Gasteiger partial charge on any atom is 0.249 e. The number of hydrogen-bond donors (Lipinski definition) is 1. The summed E-state index contributed by atoms with van der Waals surface area (Å²) in [7, 11) is 0. The summed E-state index contributed by atoms with van der Waals surface area (Å²) in [5.41, 5.74) is 0.672. The maximum absolute atomic E-state index is 11.9. The van der Waals surface area contributed by atoms with E-state index >= 15 is 0 Å². The van der Waals surface area contributed by atoms with Crippen LogP contribution in [0, 0.1) is 0 Å². The summed E-state index contributed by atoms with van der Waals surface area (Å²) < 4.78 is 1.76. The minimum Gasteiger partial charge on any atom is -0.343 e. The summed E-state index contributed by atoms with van der Waals surface area (Å²) in [4.78, 5) is 24.8. The van der Waals surface area contributed by atoms with Gasteiger partial charge in [-0.05, 0) is 20.8 Å². The highest BCUT2D eigenvalue weighted by Gasteiger charge is 2.31. The molecule has 0 aromatic carbocycles. The Morgan fingerprint density at radius 1 is 1.47 bits per heavy atom. The third-order valence-corrected chi connectivity index (χ3v) is 2.74. The van der Waals surface area contributed by atoms with Crippen molar-refractivity contribution in [3.8, 4) is 0 Å². The molecule has 6 nitrogen and oxygen atoms in total. The average Bonchev–Trinajstić information content (AvgIpc) is 2.72. The Morgan fingerprint density at radius 2 is 2.18 bits per heavy atom. The SMILES string of the molecule is CC1NC(=O)CN(c2cnn(C(C)C)c2)C1=O. The first-order chi connectivity index (χ1) is 7.99.